The van der Waals surface area contributed by atoms with Gasteiger partial charge in [0.05, 0.1) is 0 Å². The molecule has 0 heterocycles. The van der Waals surface area contributed by atoms with Gasteiger partial charge in [0, 0.05) is 27.4 Å². The minimum Gasteiger partial charge on any atom is -0.322 e. The molecule has 0 saturated carbocycles. The summed E-state index contributed by atoms with van der Waals surface area (Å²) in [7, 11) is 0. The molecule has 0 aliphatic heterocycles. The molecular weight excluding hydrogens is 305 g/mol. The molecule has 0 aliphatic carbocycles. The number of para-hydroxylation sites is 1. The van der Waals surface area contributed by atoms with Crippen molar-refractivity contribution in [3.63, 3.8) is 0 Å². The van der Waals surface area contributed by atoms with Crippen LogP contribution in [-0.4, -0.2) is 5.91 Å². The van der Waals surface area contributed by atoms with Gasteiger partial charge in [-0.15, -0.1) is 0 Å². The van der Waals surface area contributed by atoms with E-state index in [2.05, 4.69) is 5.32 Å². The Balaban J connectivity index is 2.13. The number of carbonyl (C=O) groups excluding carboxylic acids is 1. The number of aryl methyl sites for hydroxylation is 1. The number of anilines is 1. The number of nitrogens with one attached hydrogen (secondary N) is 1. The van der Waals surface area contributed by atoms with Gasteiger partial charge in [-0.1, -0.05) is 54.4 Å². The van der Waals surface area contributed by atoms with Crippen molar-refractivity contribution in [2.24, 2.45) is 0 Å². The molecule has 21 heavy (non-hydrogen) atoms. The molecule has 1 N–H and O–H groups in total. The normalized spacial score (nSPS) is 10.8. The third-order valence-corrected chi connectivity index (χ3v) is 3.72. The minimum absolute atomic E-state index is 0.216. The maximum absolute atomic E-state index is 12.0. The summed E-state index contributed by atoms with van der Waals surface area (Å²) in [6.45, 7) is 2.05. The van der Waals surface area contributed by atoms with Crippen LogP contribution in [0.15, 0.2) is 48.5 Å². The van der Waals surface area contributed by atoms with Crippen molar-refractivity contribution in [3.8, 4) is 0 Å². The molecule has 0 fully saturated rings. The van der Waals surface area contributed by atoms with E-state index in [-0.39, 0.29) is 5.91 Å². The summed E-state index contributed by atoms with van der Waals surface area (Å²) in [4.78, 5) is 12.0. The summed E-state index contributed by atoms with van der Waals surface area (Å²) >= 11 is 12.1. The first-order valence-corrected chi connectivity index (χ1v) is 7.38. The SMILES string of the molecule is CCc1ccccc1NC(=O)/C=C/c1c(Cl)cccc1Cl. The number of amides is 1. The Kier molecular flexibility index (Phi) is 5.43. The van der Waals surface area contributed by atoms with Gasteiger partial charge in [-0.2, -0.15) is 0 Å². The zero-order chi connectivity index (χ0) is 15.2. The summed E-state index contributed by atoms with van der Waals surface area (Å²) < 4.78 is 0. The van der Waals surface area contributed by atoms with Gasteiger partial charge in [0.15, 0.2) is 0 Å². The molecule has 0 bridgehead atoms. The van der Waals surface area contributed by atoms with Crippen molar-refractivity contribution >= 4 is 40.9 Å². The average Bonchev–Trinajstić information content (AvgIpc) is 2.47. The van der Waals surface area contributed by atoms with Crippen LogP contribution in [-0.2, 0) is 11.2 Å². The van der Waals surface area contributed by atoms with E-state index in [4.69, 9.17) is 23.2 Å². The van der Waals surface area contributed by atoms with E-state index in [1.165, 1.54) is 6.08 Å². The van der Waals surface area contributed by atoms with Crippen molar-refractivity contribution in [2.45, 2.75) is 13.3 Å². The molecule has 0 aromatic heterocycles. The van der Waals surface area contributed by atoms with E-state index in [0.717, 1.165) is 17.7 Å². The standard InChI is InChI=1S/C17H15Cl2NO/c1-2-12-6-3-4-9-16(12)20-17(21)11-10-13-14(18)7-5-8-15(13)19/h3-11H,2H2,1H3,(H,20,21)/b11-10+. The number of hydrogen-bond acceptors (Lipinski definition) is 1. The highest BCUT2D eigenvalue weighted by molar-refractivity contribution is 6.37. The highest BCUT2D eigenvalue weighted by atomic mass is 35.5. The summed E-state index contributed by atoms with van der Waals surface area (Å²) in [5.74, 6) is -0.216. The lowest BCUT2D eigenvalue weighted by atomic mass is 10.1. The van der Waals surface area contributed by atoms with Crippen LogP contribution >= 0.6 is 23.2 Å². The minimum atomic E-state index is -0.216. The fourth-order valence-corrected chi connectivity index (χ4v) is 2.48. The van der Waals surface area contributed by atoms with Gasteiger partial charge in [-0.05, 0) is 36.3 Å². The van der Waals surface area contributed by atoms with E-state index in [1.54, 1.807) is 24.3 Å². The summed E-state index contributed by atoms with van der Waals surface area (Å²) in [6.07, 6.45) is 3.91. The van der Waals surface area contributed by atoms with Crippen molar-refractivity contribution in [2.75, 3.05) is 5.32 Å². The van der Waals surface area contributed by atoms with Crippen molar-refractivity contribution < 1.29 is 4.79 Å². The number of rotatable bonds is 4. The zero-order valence-corrected chi connectivity index (χ0v) is 13.1. The fourth-order valence-electron chi connectivity index (χ4n) is 1.95. The van der Waals surface area contributed by atoms with Crippen LogP contribution in [0, 0.1) is 0 Å². The number of halogens is 2. The molecule has 1 amide bonds. The van der Waals surface area contributed by atoms with Crippen LogP contribution in [0.4, 0.5) is 5.69 Å². The van der Waals surface area contributed by atoms with Gasteiger partial charge in [0.2, 0.25) is 5.91 Å². The molecule has 0 aliphatic rings. The van der Waals surface area contributed by atoms with E-state index in [1.807, 2.05) is 31.2 Å². The lowest BCUT2D eigenvalue weighted by Crippen LogP contribution is -2.09. The van der Waals surface area contributed by atoms with Crippen LogP contribution < -0.4 is 5.32 Å². The molecule has 0 saturated heterocycles. The lowest BCUT2D eigenvalue weighted by molar-refractivity contribution is -0.111. The Bertz CT molecular complexity index is 660. The van der Waals surface area contributed by atoms with E-state index in [9.17, 15) is 4.79 Å². The van der Waals surface area contributed by atoms with Crippen LogP contribution in [0.5, 0.6) is 0 Å². The average molecular weight is 320 g/mol. The zero-order valence-electron chi connectivity index (χ0n) is 11.6. The second-order valence-corrected chi connectivity index (χ2v) is 5.28. The fraction of sp³-hybridized carbons (Fsp3) is 0.118. The molecule has 2 nitrogen and oxygen atoms in total. The van der Waals surface area contributed by atoms with E-state index >= 15 is 0 Å². The Labute approximate surface area is 134 Å². The number of benzene rings is 2. The second kappa shape index (κ2) is 7.30. The number of hydrogen-bond donors (Lipinski definition) is 1. The monoisotopic (exact) mass is 319 g/mol. The van der Waals surface area contributed by atoms with Crippen LogP contribution in [0.1, 0.15) is 18.1 Å². The van der Waals surface area contributed by atoms with Gasteiger partial charge in [0.1, 0.15) is 0 Å². The molecular formula is C17H15Cl2NO. The van der Waals surface area contributed by atoms with Crippen LogP contribution in [0.2, 0.25) is 10.0 Å². The Morgan fingerprint density at radius 1 is 1.10 bits per heavy atom. The predicted molar refractivity (Wildman–Crippen MR) is 89.9 cm³/mol. The second-order valence-electron chi connectivity index (χ2n) is 4.47. The molecule has 0 spiro atoms. The maximum Gasteiger partial charge on any atom is 0.248 e. The van der Waals surface area contributed by atoms with Gasteiger partial charge < -0.3 is 5.32 Å². The first-order valence-electron chi connectivity index (χ1n) is 6.62. The first kappa shape index (κ1) is 15.6. The molecule has 2 rings (SSSR count). The van der Waals surface area contributed by atoms with Crippen molar-refractivity contribution in [1.29, 1.82) is 0 Å². The molecule has 0 radical (unpaired) electrons. The maximum atomic E-state index is 12.0. The molecule has 108 valence electrons. The first-order chi connectivity index (χ1) is 10.1. The van der Waals surface area contributed by atoms with Crippen LogP contribution in [0.3, 0.4) is 0 Å². The summed E-state index contributed by atoms with van der Waals surface area (Å²) in [5.41, 5.74) is 2.55. The highest BCUT2D eigenvalue weighted by Gasteiger charge is 2.04. The summed E-state index contributed by atoms with van der Waals surface area (Å²) in [6, 6.07) is 12.9. The molecule has 2 aromatic rings. The Morgan fingerprint density at radius 2 is 1.76 bits per heavy atom. The van der Waals surface area contributed by atoms with Gasteiger partial charge >= 0.3 is 0 Å². The smallest absolute Gasteiger partial charge is 0.248 e. The molecule has 0 atom stereocenters. The summed E-state index contributed by atoms with van der Waals surface area (Å²) in [5, 5.41) is 3.89. The molecule has 2 aromatic carbocycles. The Morgan fingerprint density at radius 3 is 2.43 bits per heavy atom. The topological polar surface area (TPSA) is 29.1 Å². The third kappa shape index (κ3) is 4.10. The van der Waals surface area contributed by atoms with Gasteiger partial charge in [0.25, 0.3) is 0 Å². The largest absolute Gasteiger partial charge is 0.322 e. The van der Waals surface area contributed by atoms with Crippen LogP contribution in [0.25, 0.3) is 6.08 Å². The highest BCUT2D eigenvalue weighted by Crippen LogP contribution is 2.25. The number of carbonyl (C=O) groups is 1. The van der Waals surface area contributed by atoms with Gasteiger partial charge in [-0.3, -0.25) is 4.79 Å². The van der Waals surface area contributed by atoms with Crippen molar-refractivity contribution in [3.05, 3.63) is 69.7 Å². The quantitative estimate of drug-likeness (QED) is 0.770. The van der Waals surface area contributed by atoms with E-state index in [0.29, 0.717) is 15.6 Å². The molecule has 0 unspecified atom stereocenters. The van der Waals surface area contributed by atoms with Crippen molar-refractivity contribution in [1.82, 2.24) is 0 Å². The van der Waals surface area contributed by atoms with Gasteiger partial charge in [-0.25, -0.2) is 0 Å². The van der Waals surface area contributed by atoms with E-state index < -0.39 is 0 Å². The third-order valence-electron chi connectivity index (χ3n) is 3.06. The Hall–Kier alpha value is -1.77. The lowest BCUT2D eigenvalue weighted by Gasteiger charge is -2.07. The predicted octanol–water partition coefficient (Wildman–Crippen LogP) is 5.21. The molecule has 4 heteroatoms.